The van der Waals surface area contributed by atoms with Crippen molar-refractivity contribution in [2.24, 2.45) is 0 Å². The fourth-order valence-corrected chi connectivity index (χ4v) is 2.83. The number of nitrogens with zero attached hydrogens (tertiary/aromatic N) is 1. The lowest BCUT2D eigenvalue weighted by Gasteiger charge is -2.38. The molecule has 18 heavy (non-hydrogen) atoms. The van der Waals surface area contributed by atoms with Crippen LogP contribution in [0.2, 0.25) is 0 Å². The third-order valence-electron chi connectivity index (χ3n) is 4.35. The summed E-state index contributed by atoms with van der Waals surface area (Å²) in [5.41, 5.74) is 2.64. The van der Waals surface area contributed by atoms with E-state index in [1.165, 1.54) is 30.4 Å². The largest absolute Gasteiger partial charge is 0.341 e. The predicted molar refractivity (Wildman–Crippen MR) is 71.2 cm³/mol. The van der Waals surface area contributed by atoms with E-state index in [1.807, 2.05) is 11.9 Å². The molecule has 3 heteroatoms. The molecule has 0 bridgehead atoms. The van der Waals surface area contributed by atoms with E-state index in [9.17, 15) is 4.79 Å². The van der Waals surface area contributed by atoms with Gasteiger partial charge in [-0.3, -0.25) is 4.79 Å². The van der Waals surface area contributed by atoms with Gasteiger partial charge in [-0.15, -0.1) is 0 Å². The average molecular weight is 244 g/mol. The van der Waals surface area contributed by atoms with Gasteiger partial charge >= 0.3 is 0 Å². The first-order valence-electron chi connectivity index (χ1n) is 6.82. The summed E-state index contributed by atoms with van der Waals surface area (Å²) in [5, 5.41) is 3.37. The molecule has 3 rings (SSSR count). The van der Waals surface area contributed by atoms with Gasteiger partial charge in [-0.2, -0.15) is 0 Å². The van der Waals surface area contributed by atoms with Crippen LogP contribution in [0.4, 0.5) is 0 Å². The van der Waals surface area contributed by atoms with Crippen molar-refractivity contribution in [3.63, 3.8) is 0 Å². The Bertz CT molecular complexity index is 454. The van der Waals surface area contributed by atoms with Crippen molar-refractivity contribution < 1.29 is 4.79 Å². The summed E-state index contributed by atoms with van der Waals surface area (Å²) < 4.78 is 0. The highest BCUT2D eigenvalue weighted by atomic mass is 16.2. The summed E-state index contributed by atoms with van der Waals surface area (Å²) >= 11 is 0. The zero-order valence-electron chi connectivity index (χ0n) is 10.9. The van der Waals surface area contributed by atoms with Crippen LogP contribution in [0.1, 0.15) is 30.4 Å². The molecule has 0 radical (unpaired) electrons. The number of nitrogens with one attached hydrogen (secondary N) is 1. The molecule has 1 aliphatic heterocycles. The SMILES string of the molecule is CN(C(=O)[C@H]1Cc2ccccc2CN1)C1CCC1. The van der Waals surface area contributed by atoms with Gasteiger partial charge in [0.25, 0.3) is 0 Å². The molecule has 3 nitrogen and oxygen atoms in total. The van der Waals surface area contributed by atoms with Crippen molar-refractivity contribution >= 4 is 5.91 Å². The number of carbonyl (C=O) groups excluding carboxylic acids is 1. The molecule has 2 aliphatic rings. The molecule has 1 aromatic carbocycles. The third kappa shape index (κ3) is 2.03. The minimum absolute atomic E-state index is 0.0366. The summed E-state index contributed by atoms with van der Waals surface area (Å²) in [6, 6.07) is 8.84. The molecule has 0 unspecified atom stereocenters. The Morgan fingerprint density at radius 2 is 2.00 bits per heavy atom. The number of hydrogen-bond acceptors (Lipinski definition) is 2. The number of likely N-dealkylation sites (N-methyl/N-ethyl adjacent to an activating group) is 1. The maximum atomic E-state index is 12.4. The Hall–Kier alpha value is -1.35. The van der Waals surface area contributed by atoms with Gasteiger partial charge in [0, 0.05) is 19.6 Å². The normalized spacial score (nSPS) is 23.1. The number of amides is 1. The number of hydrogen-bond donors (Lipinski definition) is 1. The molecular weight excluding hydrogens is 224 g/mol. The molecular formula is C15H20N2O. The molecule has 1 aliphatic carbocycles. The van der Waals surface area contributed by atoms with Crippen molar-refractivity contribution in [2.75, 3.05) is 7.05 Å². The molecule has 0 spiro atoms. The maximum absolute atomic E-state index is 12.4. The number of carbonyl (C=O) groups is 1. The standard InChI is InChI=1S/C15H20N2O/c1-17(13-7-4-8-13)15(18)14-9-11-5-2-3-6-12(11)10-16-14/h2-3,5-6,13-14,16H,4,7-10H2,1H3/t14-/m1/s1. The van der Waals surface area contributed by atoms with E-state index in [0.717, 1.165) is 13.0 Å². The van der Waals surface area contributed by atoms with Gasteiger partial charge in [-0.25, -0.2) is 0 Å². The monoisotopic (exact) mass is 244 g/mol. The van der Waals surface area contributed by atoms with E-state index < -0.39 is 0 Å². The minimum Gasteiger partial charge on any atom is -0.341 e. The highest BCUT2D eigenvalue weighted by molar-refractivity contribution is 5.82. The fraction of sp³-hybridized carbons (Fsp3) is 0.533. The number of fused-ring (bicyclic) bond motifs is 1. The smallest absolute Gasteiger partial charge is 0.240 e. The molecule has 1 saturated carbocycles. The summed E-state index contributed by atoms with van der Waals surface area (Å²) in [4.78, 5) is 14.4. The van der Waals surface area contributed by atoms with Crippen molar-refractivity contribution in [3.8, 4) is 0 Å². The lowest BCUT2D eigenvalue weighted by atomic mass is 9.90. The van der Waals surface area contributed by atoms with E-state index >= 15 is 0 Å². The van der Waals surface area contributed by atoms with E-state index in [0.29, 0.717) is 6.04 Å². The molecule has 1 fully saturated rings. The summed E-state index contributed by atoms with van der Waals surface area (Å²) in [5.74, 6) is 0.259. The van der Waals surface area contributed by atoms with E-state index in [1.54, 1.807) is 0 Å². The zero-order chi connectivity index (χ0) is 12.5. The van der Waals surface area contributed by atoms with Gasteiger partial charge in [0.1, 0.15) is 0 Å². The van der Waals surface area contributed by atoms with Gasteiger partial charge in [0.15, 0.2) is 0 Å². The molecule has 1 aromatic rings. The summed E-state index contributed by atoms with van der Waals surface area (Å²) in [6.07, 6.45) is 4.44. The topological polar surface area (TPSA) is 32.3 Å². The van der Waals surface area contributed by atoms with Crippen LogP contribution in [-0.4, -0.2) is 29.9 Å². The molecule has 0 saturated heterocycles. The van der Waals surface area contributed by atoms with Gasteiger partial charge in [-0.1, -0.05) is 24.3 Å². The Kier molecular flexibility index (Phi) is 3.08. The zero-order valence-corrected chi connectivity index (χ0v) is 10.9. The van der Waals surface area contributed by atoms with E-state index in [4.69, 9.17) is 0 Å². The van der Waals surface area contributed by atoms with Crippen LogP contribution in [0.15, 0.2) is 24.3 Å². The Morgan fingerprint density at radius 3 is 2.67 bits per heavy atom. The Morgan fingerprint density at radius 1 is 1.28 bits per heavy atom. The molecule has 1 N–H and O–H groups in total. The van der Waals surface area contributed by atoms with Crippen LogP contribution in [0.5, 0.6) is 0 Å². The third-order valence-corrected chi connectivity index (χ3v) is 4.35. The van der Waals surface area contributed by atoms with Crippen molar-refractivity contribution in [3.05, 3.63) is 35.4 Å². The molecule has 1 atom stereocenters. The number of benzene rings is 1. The quantitative estimate of drug-likeness (QED) is 0.859. The first-order chi connectivity index (χ1) is 8.75. The second-order valence-electron chi connectivity index (χ2n) is 5.44. The molecule has 1 heterocycles. The van der Waals surface area contributed by atoms with Crippen LogP contribution in [0, 0.1) is 0 Å². The molecule has 96 valence electrons. The van der Waals surface area contributed by atoms with Crippen LogP contribution in [-0.2, 0) is 17.8 Å². The Balaban J connectivity index is 1.69. The van der Waals surface area contributed by atoms with Crippen LogP contribution in [0.3, 0.4) is 0 Å². The second-order valence-corrected chi connectivity index (χ2v) is 5.44. The highest BCUT2D eigenvalue weighted by Crippen LogP contribution is 2.25. The maximum Gasteiger partial charge on any atom is 0.240 e. The van der Waals surface area contributed by atoms with Crippen molar-refractivity contribution in [1.29, 1.82) is 0 Å². The minimum atomic E-state index is -0.0366. The lowest BCUT2D eigenvalue weighted by Crippen LogP contribution is -2.52. The first kappa shape index (κ1) is 11.7. The fourth-order valence-electron chi connectivity index (χ4n) is 2.83. The van der Waals surface area contributed by atoms with Crippen LogP contribution >= 0.6 is 0 Å². The van der Waals surface area contributed by atoms with Gasteiger partial charge in [-0.05, 0) is 36.8 Å². The average Bonchev–Trinajstić information content (AvgIpc) is 2.35. The van der Waals surface area contributed by atoms with Crippen molar-refractivity contribution in [1.82, 2.24) is 10.2 Å². The van der Waals surface area contributed by atoms with Crippen molar-refractivity contribution in [2.45, 2.75) is 44.3 Å². The summed E-state index contributed by atoms with van der Waals surface area (Å²) in [6.45, 7) is 0.811. The lowest BCUT2D eigenvalue weighted by molar-refractivity contribution is -0.135. The second kappa shape index (κ2) is 4.73. The van der Waals surface area contributed by atoms with E-state index in [-0.39, 0.29) is 11.9 Å². The number of rotatable bonds is 2. The first-order valence-corrected chi connectivity index (χ1v) is 6.82. The highest BCUT2D eigenvalue weighted by Gasteiger charge is 2.31. The van der Waals surface area contributed by atoms with Gasteiger partial charge in [0.2, 0.25) is 5.91 Å². The van der Waals surface area contributed by atoms with Crippen LogP contribution < -0.4 is 5.32 Å². The molecule has 1 amide bonds. The predicted octanol–water partition coefficient (Wildman–Crippen LogP) is 1.71. The summed E-state index contributed by atoms with van der Waals surface area (Å²) in [7, 11) is 1.95. The van der Waals surface area contributed by atoms with Gasteiger partial charge < -0.3 is 10.2 Å². The Labute approximate surface area is 108 Å². The van der Waals surface area contributed by atoms with Gasteiger partial charge in [0.05, 0.1) is 6.04 Å². The van der Waals surface area contributed by atoms with E-state index in [2.05, 4.69) is 29.6 Å². The molecule has 0 aromatic heterocycles. The van der Waals surface area contributed by atoms with Crippen LogP contribution in [0.25, 0.3) is 0 Å².